The molecule has 0 bridgehead atoms. The molecule has 1 fully saturated rings. The third-order valence-electron chi connectivity index (χ3n) is 5.25. The average molecular weight is 465 g/mol. The summed E-state index contributed by atoms with van der Waals surface area (Å²) in [6.45, 7) is 2.17. The lowest BCUT2D eigenvalue weighted by molar-refractivity contribution is 0.395. The Morgan fingerprint density at radius 2 is 1.77 bits per heavy atom. The standard InChI is InChI=1S/C21H22Cl2N4O2S/c1-10(11-5-6-11)25-20-19-12(9-24-21(27-19)30-4)7-13(26-20)16-17(22)14(28-2)8-15(29-3)18(16)23/h7-11H,5-6H2,1-4H3,(H,25,26)/t10-/m0/s1. The Balaban J connectivity index is 1.94. The van der Waals surface area contributed by atoms with Gasteiger partial charge in [0.25, 0.3) is 0 Å². The van der Waals surface area contributed by atoms with E-state index in [-0.39, 0.29) is 6.04 Å². The normalized spacial score (nSPS) is 14.6. The molecule has 2 aromatic heterocycles. The zero-order valence-electron chi connectivity index (χ0n) is 17.1. The predicted molar refractivity (Wildman–Crippen MR) is 123 cm³/mol. The average Bonchev–Trinajstić information content (AvgIpc) is 3.59. The molecule has 0 amide bonds. The van der Waals surface area contributed by atoms with Crippen molar-refractivity contribution in [2.24, 2.45) is 5.92 Å². The van der Waals surface area contributed by atoms with E-state index in [2.05, 4.69) is 22.2 Å². The molecule has 9 heteroatoms. The predicted octanol–water partition coefficient (Wildman–Crippen LogP) is 5.95. The van der Waals surface area contributed by atoms with Crippen molar-refractivity contribution in [1.82, 2.24) is 15.0 Å². The number of rotatable bonds is 7. The second-order valence-corrected chi connectivity index (χ2v) is 8.73. The van der Waals surface area contributed by atoms with Gasteiger partial charge in [0.15, 0.2) is 11.0 Å². The van der Waals surface area contributed by atoms with Crippen molar-refractivity contribution in [3.05, 3.63) is 28.4 Å². The highest BCUT2D eigenvalue weighted by atomic mass is 35.5. The van der Waals surface area contributed by atoms with Crippen LogP contribution in [0.3, 0.4) is 0 Å². The van der Waals surface area contributed by atoms with Crippen LogP contribution in [-0.4, -0.2) is 41.5 Å². The second kappa shape index (κ2) is 8.65. The third kappa shape index (κ3) is 3.98. The zero-order chi connectivity index (χ0) is 21.4. The molecule has 1 saturated carbocycles. The zero-order valence-corrected chi connectivity index (χ0v) is 19.5. The Morgan fingerprint density at radius 1 is 1.10 bits per heavy atom. The van der Waals surface area contributed by atoms with E-state index < -0.39 is 0 Å². The number of thioether (sulfide) groups is 1. The van der Waals surface area contributed by atoms with E-state index >= 15 is 0 Å². The molecule has 1 aromatic carbocycles. The number of ether oxygens (including phenoxy) is 2. The number of anilines is 1. The molecule has 0 saturated heterocycles. The summed E-state index contributed by atoms with van der Waals surface area (Å²) in [5, 5.41) is 5.83. The molecule has 0 spiro atoms. The summed E-state index contributed by atoms with van der Waals surface area (Å²) in [6.07, 6.45) is 6.19. The van der Waals surface area contributed by atoms with Gasteiger partial charge in [-0.25, -0.2) is 15.0 Å². The minimum atomic E-state index is 0.287. The molecule has 1 atom stereocenters. The van der Waals surface area contributed by atoms with E-state index in [9.17, 15) is 0 Å². The second-order valence-electron chi connectivity index (χ2n) is 7.21. The summed E-state index contributed by atoms with van der Waals surface area (Å²) in [5.74, 6) is 2.26. The van der Waals surface area contributed by atoms with E-state index in [0.29, 0.717) is 49.7 Å². The van der Waals surface area contributed by atoms with Crippen molar-refractivity contribution >= 4 is 51.7 Å². The molecule has 0 unspecified atom stereocenters. The number of pyridine rings is 1. The van der Waals surface area contributed by atoms with E-state index in [0.717, 1.165) is 10.9 Å². The number of hydrogen-bond acceptors (Lipinski definition) is 7. The van der Waals surface area contributed by atoms with Crippen molar-refractivity contribution in [2.45, 2.75) is 31.0 Å². The first kappa shape index (κ1) is 21.3. The molecule has 0 aliphatic heterocycles. The van der Waals surface area contributed by atoms with Gasteiger partial charge in [-0.1, -0.05) is 35.0 Å². The first-order valence-electron chi connectivity index (χ1n) is 9.55. The van der Waals surface area contributed by atoms with E-state index in [1.54, 1.807) is 26.5 Å². The Labute approximate surface area is 189 Å². The van der Waals surface area contributed by atoms with Crippen LogP contribution in [0.1, 0.15) is 19.8 Å². The molecule has 4 rings (SSSR count). The number of fused-ring (bicyclic) bond motifs is 1. The molecule has 30 heavy (non-hydrogen) atoms. The van der Waals surface area contributed by atoms with Crippen LogP contribution in [0, 0.1) is 5.92 Å². The third-order valence-corrected chi connectivity index (χ3v) is 6.56. The lowest BCUT2D eigenvalue weighted by Gasteiger charge is -2.18. The topological polar surface area (TPSA) is 69.2 Å². The van der Waals surface area contributed by atoms with Crippen LogP contribution in [0.25, 0.3) is 22.2 Å². The van der Waals surface area contributed by atoms with Crippen molar-refractivity contribution in [1.29, 1.82) is 0 Å². The van der Waals surface area contributed by atoms with Gasteiger partial charge in [-0.3, -0.25) is 0 Å². The highest BCUT2D eigenvalue weighted by Crippen LogP contribution is 2.46. The first-order chi connectivity index (χ1) is 14.5. The van der Waals surface area contributed by atoms with Gasteiger partial charge < -0.3 is 14.8 Å². The molecule has 1 N–H and O–H groups in total. The fourth-order valence-corrected chi connectivity index (χ4v) is 4.43. The fraction of sp³-hybridized carbons (Fsp3) is 0.381. The van der Waals surface area contributed by atoms with Gasteiger partial charge in [0, 0.05) is 29.3 Å². The van der Waals surface area contributed by atoms with Crippen molar-refractivity contribution in [3.8, 4) is 22.8 Å². The number of halogens is 2. The number of aromatic nitrogens is 3. The molecule has 158 valence electrons. The molecular weight excluding hydrogens is 443 g/mol. The van der Waals surface area contributed by atoms with Crippen LogP contribution in [0.4, 0.5) is 5.82 Å². The van der Waals surface area contributed by atoms with Gasteiger partial charge in [-0.05, 0) is 38.0 Å². The highest BCUT2D eigenvalue weighted by Gasteiger charge is 2.29. The van der Waals surface area contributed by atoms with Crippen LogP contribution in [-0.2, 0) is 0 Å². The van der Waals surface area contributed by atoms with Gasteiger partial charge >= 0.3 is 0 Å². The molecule has 0 radical (unpaired) electrons. The Bertz CT molecular complexity index is 1080. The Morgan fingerprint density at radius 3 is 2.33 bits per heavy atom. The smallest absolute Gasteiger partial charge is 0.187 e. The van der Waals surface area contributed by atoms with Gasteiger partial charge in [-0.2, -0.15) is 0 Å². The van der Waals surface area contributed by atoms with E-state index in [4.69, 9.17) is 37.7 Å². The molecule has 1 aliphatic carbocycles. The molecule has 2 heterocycles. The van der Waals surface area contributed by atoms with E-state index in [1.807, 2.05) is 12.3 Å². The lowest BCUT2D eigenvalue weighted by Crippen LogP contribution is -2.19. The van der Waals surface area contributed by atoms with Crippen LogP contribution in [0.2, 0.25) is 10.0 Å². The minimum Gasteiger partial charge on any atom is -0.495 e. The summed E-state index contributed by atoms with van der Waals surface area (Å²) in [6, 6.07) is 3.84. The van der Waals surface area contributed by atoms with Crippen LogP contribution < -0.4 is 14.8 Å². The minimum absolute atomic E-state index is 0.287. The van der Waals surface area contributed by atoms with Gasteiger partial charge in [0.2, 0.25) is 0 Å². The Kier molecular flexibility index (Phi) is 6.14. The number of methoxy groups -OCH3 is 2. The monoisotopic (exact) mass is 464 g/mol. The Hall–Kier alpha value is -1.96. The lowest BCUT2D eigenvalue weighted by atomic mass is 10.1. The summed E-state index contributed by atoms with van der Waals surface area (Å²) in [5.41, 5.74) is 1.92. The molecule has 3 aromatic rings. The summed E-state index contributed by atoms with van der Waals surface area (Å²) >= 11 is 14.8. The van der Waals surface area contributed by atoms with Crippen molar-refractivity contribution < 1.29 is 9.47 Å². The van der Waals surface area contributed by atoms with Crippen LogP contribution >= 0.6 is 35.0 Å². The van der Waals surface area contributed by atoms with Gasteiger partial charge in [-0.15, -0.1) is 0 Å². The number of nitrogens with one attached hydrogen (secondary N) is 1. The summed E-state index contributed by atoms with van der Waals surface area (Å²) < 4.78 is 10.8. The maximum Gasteiger partial charge on any atom is 0.187 e. The van der Waals surface area contributed by atoms with Crippen LogP contribution in [0.15, 0.2) is 23.5 Å². The molecular formula is C21H22Cl2N4O2S. The fourth-order valence-electron chi connectivity index (χ4n) is 3.39. The number of hydrogen-bond donors (Lipinski definition) is 1. The summed E-state index contributed by atoms with van der Waals surface area (Å²) in [4.78, 5) is 14.0. The van der Waals surface area contributed by atoms with Gasteiger partial charge in [0.1, 0.15) is 17.0 Å². The largest absolute Gasteiger partial charge is 0.495 e. The molecule has 1 aliphatic rings. The summed E-state index contributed by atoms with van der Waals surface area (Å²) in [7, 11) is 3.10. The maximum absolute atomic E-state index is 6.64. The van der Waals surface area contributed by atoms with Crippen molar-refractivity contribution in [2.75, 3.05) is 25.8 Å². The maximum atomic E-state index is 6.64. The molecule has 6 nitrogen and oxygen atoms in total. The SMILES string of the molecule is COc1cc(OC)c(Cl)c(-c2cc3cnc(SC)nc3c(N[C@@H](C)C3CC3)n2)c1Cl. The quantitative estimate of drug-likeness (QED) is 0.342. The highest BCUT2D eigenvalue weighted by molar-refractivity contribution is 7.98. The number of benzene rings is 1. The number of nitrogens with zero attached hydrogens (tertiary/aromatic N) is 3. The van der Waals surface area contributed by atoms with Gasteiger partial charge in [0.05, 0.1) is 30.0 Å². The van der Waals surface area contributed by atoms with E-state index in [1.165, 1.54) is 24.6 Å². The van der Waals surface area contributed by atoms with Crippen molar-refractivity contribution in [3.63, 3.8) is 0 Å². The van der Waals surface area contributed by atoms with Crippen LogP contribution in [0.5, 0.6) is 11.5 Å². The first-order valence-corrected chi connectivity index (χ1v) is 11.5.